The standard InChI is InChI=1S/C17H14N6O2S/c18-17-21-12-9-10(4-5-13(12)26-17)16(24)20-8-6-14-22-15(23-25-14)11-3-1-2-7-19-11/h1-5,7,9H,6,8H2,(H2,18,21)(H,20,24). The largest absolute Gasteiger partial charge is 0.375 e. The quantitative estimate of drug-likeness (QED) is 0.556. The Morgan fingerprint density at radius 3 is 3.00 bits per heavy atom. The van der Waals surface area contributed by atoms with E-state index in [9.17, 15) is 4.79 Å². The fourth-order valence-electron chi connectivity index (χ4n) is 2.43. The second kappa shape index (κ2) is 6.89. The third-order valence-corrected chi connectivity index (χ3v) is 4.52. The zero-order valence-corrected chi connectivity index (χ0v) is 14.4. The van der Waals surface area contributed by atoms with Gasteiger partial charge in [-0.15, -0.1) is 0 Å². The highest BCUT2D eigenvalue weighted by atomic mass is 32.1. The highest BCUT2D eigenvalue weighted by Crippen LogP contribution is 2.24. The Bertz CT molecular complexity index is 1060. The summed E-state index contributed by atoms with van der Waals surface area (Å²) in [4.78, 5) is 24.9. The van der Waals surface area contributed by atoms with E-state index in [1.54, 1.807) is 24.4 Å². The zero-order valence-electron chi connectivity index (χ0n) is 13.5. The Kier molecular flexibility index (Phi) is 4.28. The minimum Gasteiger partial charge on any atom is -0.375 e. The molecular formula is C17H14N6O2S. The number of nitrogen functional groups attached to an aromatic ring is 1. The summed E-state index contributed by atoms with van der Waals surface area (Å²) in [5, 5.41) is 7.21. The van der Waals surface area contributed by atoms with Gasteiger partial charge in [0.15, 0.2) is 5.13 Å². The molecule has 26 heavy (non-hydrogen) atoms. The van der Waals surface area contributed by atoms with Gasteiger partial charge in [0.25, 0.3) is 5.91 Å². The second-order valence-electron chi connectivity index (χ2n) is 5.47. The molecule has 0 saturated carbocycles. The van der Waals surface area contributed by atoms with E-state index in [2.05, 4.69) is 25.4 Å². The van der Waals surface area contributed by atoms with Crippen molar-refractivity contribution in [2.45, 2.75) is 6.42 Å². The van der Waals surface area contributed by atoms with Crippen molar-refractivity contribution in [1.29, 1.82) is 0 Å². The van der Waals surface area contributed by atoms with Crippen LogP contribution in [0.2, 0.25) is 0 Å². The number of nitrogens with two attached hydrogens (primary N) is 1. The lowest BCUT2D eigenvalue weighted by Crippen LogP contribution is -2.25. The average Bonchev–Trinajstić information content (AvgIpc) is 3.27. The molecule has 1 amide bonds. The molecule has 0 spiro atoms. The molecule has 0 fully saturated rings. The van der Waals surface area contributed by atoms with Crippen molar-refractivity contribution in [3.8, 4) is 11.5 Å². The summed E-state index contributed by atoms with van der Waals surface area (Å²) in [6.45, 7) is 0.375. The van der Waals surface area contributed by atoms with Crippen LogP contribution >= 0.6 is 11.3 Å². The van der Waals surface area contributed by atoms with Crippen LogP contribution < -0.4 is 11.1 Å². The van der Waals surface area contributed by atoms with Crippen LogP contribution in [0.15, 0.2) is 47.1 Å². The van der Waals surface area contributed by atoms with E-state index in [-0.39, 0.29) is 5.91 Å². The Labute approximate surface area is 152 Å². The Hall–Kier alpha value is -3.33. The third-order valence-electron chi connectivity index (χ3n) is 3.65. The summed E-state index contributed by atoms with van der Waals surface area (Å²) in [5.74, 6) is 0.676. The van der Waals surface area contributed by atoms with Gasteiger partial charge in [0.2, 0.25) is 11.7 Å². The normalized spacial score (nSPS) is 10.9. The van der Waals surface area contributed by atoms with E-state index in [4.69, 9.17) is 10.3 Å². The van der Waals surface area contributed by atoms with Crippen molar-refractivity contribution < 1.29 is 9.32 Å². The maximum absolute atomic E-state index is 12.3. The number of carbonyl (C=O) groups excluding carboxylic acids is 1. The van der Waals surface area contributed by atoms with E-state index in [0.29, 0.717) is 41.1 Å². The molecule has 0 saturated heterocycles. The van der Waals surface area contributed by atoms with Crippen LogP contribution in [-0.2, 0) is 6.42 Å². The molecule has 9 heteroatoms. The van der Waals surface area contributed by atoms with Crippen LogP contribution in [-0.4, -0.2) is 32.6 Å². The lowest BCUT2D eigenvalue weighted by molar-refractivity contribution is 0.0953. The number of nitrogens with one attached hydrogen (secondary N) is 1. The van der Waals surface area contributed by atoms with Gasteiger partial charge in [0, 0.05) is 24.7 Å². The molecule has 3 N–H and O–H groups in total. The van der Waals surface area contributed by atoms with E-state index in [1.807, 2.05) is 18.2 Å². The van der Waals surface area contributed by atoms with Crippen molar-refractivity contribution in [2.24, 2.45) is 0 Å². The van der Waals surface area contributed by atoms with Crippen molar-refractivity contribution in [3.63, 3.8) is 0 Å². The van der Waals surface area contributed by atoms with Crippen LogP contribution in [0, 0.1) is 0 Å². The first-order valence-corrected chi connectivity index (χ1v) is 8.69. The van der Waals surface area contributed by atoms with Crippen LogP contribution in [0.1, 0.15) is 16.2 Å². The van der Waals surface area contributed by atoms with Crippen molar-refractivity contribution in [2.75, 3.05) is 12.3 Å². The summed E-state index contributed by atoms with van der Waals surface area (Å²) in [7, 11) is 0. The van der Waals surface area contributed by atoms with Gasteiger partial charge in [0.05, 0.1) is 10.2 Å². The lowest BCUT2D eigenvalue weighted by atomic mass is 10.2. The van der Waals surface area contributed by atoms with E-state index < -0.39 is 0 Å². The molecular weight excluding hydrogens is 352 g/mol. The molecule has 4 rings (SSSR count). The van der Waals surface area contributed by atoms with E-state index in [1.165, 1.54) is 11.3 Å². The number of thiazole rings is 1. The number of hydrogen-bond acceptors (Lipinski definition) is 8. The molecule has 3 heterocycles. The topological polar surface area (TPSA) is 120 Å². The van der Waals surface area contributed by atoms with Crippen molar-refractivity contribution in [3.05, 3.63) is 54.0 Å². The first-order valence-electron chi connectivity index (χ1n) is 7.87. The Balaban J connectivity index is 1.36. The van der Waals surface area contributed by atoms with Crippen LogP contribution in [0.4, 0.5) is 5.13 Å². The molecule has 1 aromatic carbocycles. The van der Waals surface area contributed by atoms with Gasteiger partial charge in [-0.1, -0.05) is 22.6 Å². The fourth-order valence-corrected chi connectivity index (χ4v) is 3.14. The fraction of sp³-hybridized carbons (Fsp3) is 0.118. The van der Waals surface area contributed by atoms with Gasteiger partial charge in [-0.3, -0.25) is 9.78 Å². The van der Waals surface area contributed by atoms with Crippen molar-refractivity contribution in [1.82, 2.24) is 25.4 Å². The smallest absolute Gasteiger partial charge is 0.251 e. The maximum atomic E-state index is 12.3. The molecule has 8 nitrogen and oxygen atoms in total. The Morgan fingerprint density at radius 2 is 2.15 bits per heavy atom. The predicted octanol–water partition coefficient (Wildman–Crippen LogP) is 2.30. The van der Waals surface area contributed by atoms with Crippen molar-refractivity contribution >= 4 is 32.6 Å². The molecule has 0 unspecified atom stereocenters. The van der Waals surface area contributed by atoms with Crippen LogP contribution in [0.25, 0.3) is 21.7 Å². The van der Waals surface area contributed by atoms with Gasteiger partial charge in [0.1, 0.15) is 5.69 Å². The highest BCUT2D eigenvalue weighted by molar-refractivity contribution is 7.22. The first kappa shape index (κ1) is 16.2. The number of carbonyl (C=O) groups is 1. The van der Waals surface area contributed by atoms with Gasteiger partial charge >= 0.3 is 0 Å². The van der Waals surface area contributed by atoms with Crippen LogP contribution in [0.5, 0.6) is 0 Å². The van der Waals surface area contributed by atoms with Gasteiger partial charge in [-0.05, 0) is 30.3 Å². The molecule has 130 valence electrons. The lowest BCUT2D eigenvalue weighted by Gasteiger charge is -2.03. The van der Waals surface area contributed by atoms with E-state index in [0.717, 1.165) is 10.2 Å². The SMILES string of the molecule is Nc1nc2cc(C(=O)NCCc3nc(-c4ccccn4)no3)ccc2s1. The zero-order chi connectivity index (χ0) is 17.9. The van der Waals surface area contributed by atoms with Gasteiger partial charge in [-0.25, -0.2) is 4.98 Å². The van der Waals surface area contributed by atoms with Crippen LogP contribution in [0.3, 0.4) is 0 Å². The summed E-state index contributed by atoms with van der Waals surface area (Å²) in [6.07, 6.45) is 2.09. The number of hydrogen-bond donors (Lipinski definition) is 2. The number of pyridine rings is 1. The minimum absolute atomic E-state index is 0.192. The highest BCUT2D eigenvalue weighted by Gasteiger charge is 2.11. The number of nitrogens with zero attached hydrogens (tertiary/aromatic N) is 4. The molecule has 3 aromatic heterocycles. The molecule has 0 aliphatic heterocycles. The number of benzene rings is 1. The number of rotatable bonds is 5. The third kappa shape index (κ3) is 3.38. The average molecular weight is 366 g/mol. The molecule has 0 bridgehead atoms. The number of aromatic nitrogens is 4. The van der Waals surface area contributed by atoms with Gasteiger partial charge in [-0.2, -0.15) is 4.98 Å². The minimum atomic E-state index is -0.192. The molecule has 4 aromatic rings. The second-order valence-corrected chi connectivity index (χ2v) is 6.53. The molecule has 0 aliphatic carbocycles. The summed E-state index contributed by atoms with van der Waals surface area (Å²) in [5.41, 5.74) is 7.58. The number of fused-ring (bicyclic) bond motifs is 1. The monoisotopic (exact) mass is 366 g/mol. The number of anilines is 1. The first-order chi connectivity index (χ1) is 12.7. The molecule has 0 aliphatic rings. The molecule has 0 radical (unpaired) electrons. The summed E-state index contributed by atoms with van der Waals surface area (Å²) >= 11 is 1.39. The maximum Gasteiger partial charge on any atom is 0.251 e. The summed E-state index contributed by atoms with van der Waals surface area (Å²) < 4.78 is 6.14. The number of amides is 1. The Morgan fingerprint density at radius 1 is 1.23 bits per heavy atom. The van der Waals surface area contributed by atoms with E-state index >= 15 is 0 Å². The molecule has 0 atom stereocenters. The summed E-state index contributed by atoms with van der Waals surface area (Å²) in [6, 6.07) is 10.8. The predicted molar refractivity (Wildman–Crippen MR) is 97.6 cm³/mol. The van der Waals surface area contributed by atoms with Gasteiger partial charge < -0.3 is 15.6 Å².